The zero-order valence-electron chi connectivity index (χ0n) is 12.9. The lowest BCUT2D eigenvalue weighted by Crippen LogP contribution is -2.34. The molecule has 0 aliphatic heterocycles. The number of carboxylic acid groups (broad SMARTS) is 1. The second-order valence-corrected chi connectivity index (χ2v) is 5.47. The highest BCUT2D eigenvalue weighted by Gasteiger charge is 2.33. The number of hydrogen-bond donors (Lipinski definition) is 3. The fraction of sp³-hybridized carbons (Fsp3) is 0.353. The molecule has 2 amide bonds. The van der Waals surface area contributed by atoms with E-state index in [0.717, 1.165) is 0 Å². The fourth-order valence-electron chi connectivity index (χ4n) is 2.54. The maximum atomic E-state index is 12.4. The van der Waals surface area contributed by atoms with Crippen molar-refractivity contribution < 1.29 is 19.5 Å². The second-order valence-electron chi connectivity index (χ2n) is 5.47. The number of carbonyl (C=O) groups is 3. The SMILES string of the molecule is CCC(=O)Nc1cccc(NC(=O)[C@H]2CC=CC[C@@H]2C(=O)O)c1. The summed E-state index contributed by atoms with van der Waals surface area (Å²) in [7, 11) is 0. The number of carboxylic acids is 1. The third-order valence-electron chi connectivity index (χ3n) is 3.82. The molecule has 2 rings (SSSR count). The third kappa shape index (κ3) is 4.42. The molecule has 1 aliphatic carbocycles. The summed E-state index contributed by atoms with van der Waals surface area (Å²) in [6.07, 6.45) is 4.77. The van der Waals surface area contributed by atoms with Crippen LogP contribution in [0.3, 0.4) is 0 Å². The van der Waals surface area contributed by atoms with E-state index in [9.17, 15) is 19.5 Å². The standard InChI is InChI=1S/C17H20N2O4/c1-2-15(20)18-11-6-5-7-12(10-11)19-16(21)13-8-3-4-9-14(13)17(22)23/h3-7,10,13-14H,2,8-9H2,1H3,(H,18,20)(H,19,21)(H,22,23)/t13-,14-/m0/s1. The molecule has 0 bridgehead atoms. The van der Waals surface area contributed by atoms with Crippen LogP contribution in [0.2, 0.25) is 0 Å². The van der Waals surface area contributed by atoms with Gasteiger partial charge in [0, 0.05) is 17.8 Å². The van der Waals surface area contributed by atoms with Gasteiger partial charge in [-0.2, -0.15) is 0 Å². The Balaban J connectivity index is 2.07. The summed E-state index contributed by atoms with van der Waals surface area (Å²) in [4.78, 5) is 35.1. The smallest absolute Gasteiger partial charge is 0.307 e. The van der Waals surface area contributed by atoms with E-state index in [4.69, 9.17) is 0 Å². The van der Waals surface area contributed by atoms with Crippen LogP contribution in [0, 0.1) is 11.8 Å². The van der Waals surface area contributed by atoms with E-state index in [1.54, 1.807) is 37.3 Å². The molecule has 0 saturated carbocycles. The van der Waals surface area contributed by atoms with Gasteiger partial charge in [-0.05, 0) is 31.0 Å². The molecule has 0 fully saturated rings. The van der Waals surface area contributed by atoms with Crippen molar-refractivity contribution in [3.8, 4) is 0 Å². The summed E-state index contributed by atoms with van der Waals surface area (Å²) in [5.74, 6) is -2.69. The maximum Gasteiger partial charge on any atom is 0.307 e. The number of benzene rings is 1. The molecule has 2 atom stereocenters. The number of carbonyl (C=O) groups excluding carboxylic acids is 2. The van der Waals surface area contributed by atoms with E-state index in [2.05, 4.69) is 10.6 Å². The highest BCUT2D eigenvalue weighted by atomic mass is 16.4. The minimum absolute atomic E-state index is 0.114. The first-order chi connectivity index (χ1) is 11.0. The Morgan fingerprint density at radius 2 is 1.70 bits per heavy atom. The van der Waals surface area contributed by atoms with Crippen molar-refractivity contribution >= 4 is 29.2 Å². The van der Waals surface area contributed by atoms with Crippen LogP contribution in [0.25, 0.3) is 0 Å². The molecular formula is C17H20N2O4. The lowest BCUT2D eigenvalue weighted by atomic mass is 9.82. The van der Waals surface area contributed by atoms with Gasteiger partial charge in [0.2, 0.25) is 11.8 Å². The summed E-state index contributed by atoms with van der Waals surface area (Å²) in [5, 5.41) is 14.7. The monoisotopic (exact) mass is 316 g/mol. The number of rotatable bonds is 5. The van der Waals surface area contributed by atoms with Crippen molar-refractivity contribution in [2.75, 3.05) is 10.6 Å². The molecule has 1 aromatic rings. The van der Waals surface area contributed by atoms with Crippen LogP contribution >= 0.6 is 0 Å². The van der Waals surface area contributed by atoms with Crippen molar-refractivity contribution in [1.29, 1.82) is 0 Å². The van der Waals surface area contributed by atoms with Crippen LogP contribution < -0.4 is 10.6 Å². The number of allylic oxidation sites excluding steroid dienone is 2. The molecule has 6 nitrogen and oxygen atoms in total. The van der Waals surface area contributed by atoms with Gasteiger partial charge in [-0.25, -0.2) is 0 Å². The van der Waals surface area contributed by atoms with Gasteiger partial charge in [0.15, 0.2) is 0 Å². The van der Waals surface area contributed by atoms with Gasteiger partial charge < -0.3 is 15.7 Å². The Morgan fingerprint density at radius 1 is 1.09 bits per heavy atom. The van der Waals surface area contributed by atoms with Gasteiger partial charge in [-0.3, -0.25) is 14.4 Å². The number of amides is 2. The lowest BCUT2D eigenvalue weighted by Gasteiger charge is -2.24. The Morgan fingerprint density at radius 3 is 2.30 bits per heavy atom. The van der Waals surface area contributed by atoms with E-state index in [1.807, 2.05) is 6.08 Å². The average Bonchev–Trinajstić information content (AvgIpc) is 2.55. The van der Waals surface area contributed by atoms with Crippen LogP contribution in [-0.2, 0) is 14.4 Å². The molecule has 0 radical (unpaired) electrons. The molecule has 23 heavy (non-hydrogen) atoms. The van der Waals surface area contributed by atoms with Crippen molar-refractivity contribution in [3.05, 3.63) is 36.4 Å². The zero-order chi connectivity index (χ0) is 16.8. The molecule has 1 aliphatic rings. The maximum absolute atomic E-state index is 12.4. The lowest BCUT2D eigenvalue weighted by molar-refractivity contribution is -0.146. The zero-order valence-corrected chi connectivity index (χ0v) is 12.9. The van der Waals surface area contributed by atoms with Crippen LogP contribution in [0.5, 0.6) is 0 Å². The van der Waals surface area contributed by atoms with E-state index < -0.39 is 17.8 Å². The first-order valence-electron chi connectivity index (χ1n) is 7.60. The van der Waals surface area contributed by atoms with Gasteiger partial charge in [-0.1, -0.05) is 25.1 Å². The van der Waals surface area contributed by atoms with Gasteiger partial charge in [0.25, 0.3) is 0 Å². The molecular weight excluding hydrogens is 296 g/mol. The second kappa shape index (κ2) is 7.58. The molecule has 0 spiro atoms. The predicted octanol–water partition coefficient (Wildman–Crippen LogP) is 2.64. The molecule has 3 N–H and O–H groups in total. The van der Waals surface area contributed by atoms with E-state index in [-0.39, 0.29) is 11.8 Å². The Labute approximate surface area is 134 Å². The topological polar surface area (TPSA) is 95.5 Å². The number of anilines is 2. The molecule has 1 aromatic carbocycles. The van der Waals surface area contributed by atoms with Crippen molar-refractivity contribution in [1.82, 2.24) is 0 Å². The van der Waals surface area contributed by atoms with Crippen molar-refractivity contribution in [3.63, 3.8) is 0 Å². The van der Waals surface area contributed by atoms with Crippen molar-refractivity contribution in [2.24, 2.45) is 11.8 Å². The normalized spacial score (nSPS) is 19.9. The van der Waals surface area contributed by atoms with Gasteiger partial charge in [0.05, 0.1) is 11.8 Å². The van der Waals surface area contributed by atoms with E-state index in [0.29, 0.717) is 30.6 Å². The predicted molar refractivity (Wildman–Crippen MR) is 87.0 cm³/mol. The van der Waals surface area contributed by atoms with Gasteiger partial charge in [0.1, 0.15) is 0 Å². The largest absolute Gasteiger partial charge is 0.481 e. The van der Waals surface area contributed by atoms with E-state index in [1.165, 1.54) is 0 Å². The molecule has 0 heterocycles. The molecule has 122 valence electrons. The summed E-state index contributed by atoms with van der Waals surface area (Å²) in [6.45, 7) is 1.75. The Bertz CT molecular complexity index is 639. The number of nitrogens with one attached hydrogen (secondary N) is 2. The summed E-state index contributed by atoms with van der Waals surface area (Å²) in [5.41, 5.74) is 1.12. The number of aliphatic carboxylic acids is 1. The van der Waals surface area contributed by atoms with Crippen LogP contribution in [-0.4, -0.2) is 22.9 Å². The van der Waals surface area contributed by atoms with Gasteiger partial charge >= 0.3 is 5.97 Å². The summed E-state index contributed by atoms with van der Waals surface area (Å²) < 4.78 is 0. The minimum Gasteiger partial charge on any atom is -0.481 e. The van der Waals surface area contributed by atoms with Crippen molar-refractivity contribution in [2.45, 2.75) is 26.2 Å². The summed E-state index contributed by atoms with van der Waals surface area (Å²) >= 11 is 0. The first kappa shape index (κ1) is 16.7. The van der Waals surface area contributed by atoms with Crippen LogP contribution in [0.4, 0.5) is 11.4 Å². The molecule has 0 aromatic heterocycles. The van der Waals surface area contributed by atoms with Crippen LogP contribution in [0.15, 0.2) is 36.4 Å². The minimum atomic E-state index is -0.960. The third-order valence-corrected chi connectivity index (χ3v) is 3.82. The van der Waals surface area contributed by atoms with E-state index >= 15 is 0 Å². The quantitative estimate of drug-likeness (QED) is 0.728. The van der Waals surface area contributed by atoms with Gasteiger partial charge in [-0.15, -0.1) is 0 Å². The molecule has 0 saturated heterocycles. The Kier molecular flexibility index (Phi) is 5.51. The average molecular weight is 316 g/mol. The Hall–Kier alpha value is -2.63. The first-order valence-corrected chi connectivity index (χ1v) is 7.60. The fourth-order valence-corrected chi connectivity index (χ4v) is 2.54. The number of hydrogen-bond acceptors (Lipinski definition) is 3. The highest BCUT2D eigenvalue weighted by molar-refractivity contribution is 5.96. The molecule has 6 heteroatoms. The molecule has 0 unspecified atom stereocenters. The van der Waals surface area contributed by atoms with Crippen LogP contribution in [0.1, 0.15) is 26.2 Å². The highest BCUT2D eigenvalue weighted by Crippen LogP contribution is 2.27. The summed E-state index contributed by atoms with van der Waals surface area (Å²) in [6, 6.07) is 6.80.